The van der Waals surface area contributed by atoms with Crippen molar-refractivity contribution in [2.24, 2.45) is 5.73 Å². The van der Waals surface area contributed by atoms with E-state index < -0.39 is 6.04 Å². The Kier molecular flexibility index (Phi) is 6.17. The Labute approximate surface area is 126 Å². The standard InChI is InChI=1S/C16H24N2O3/c1-20-12-15(17)16(19)18(11-14-8-5-9-21-14)10-13-6-3-2-4-7-13/h2-4,6-7,14-15H,5,8-12,17H2,1H3. The number of carbonyl (C=O) groups excluding carboxylic acids is 1. The van der Waals surface area contributed by atoms with Gasteiger partial charge in [0.1, 0.15) is 6.04 Å². The van der Waals surface area contributed by atoms with E-state index in [1.54, 1.807) is 12.0 Å². The number of amides is 1. The third-order valence-electron chi connectivity index (χ3n) is 3.64. The molecule has 5 heteroatoms. The molecule has 2 unspecified atom stereocenters. The van der Waals surface area contributed by atoms with Crippen LogP contribution in [0, 0.1) is 0 Å². The average molecular weight is 292 g/mol. The Morgan fingerprint density at radius 2 is 2.24 bits per heavy atom. The minimum Gasteiger partial charge on any atom is -0.383 e. The summed E-state index contributed by atoms with van der Waals surface area (Å²) in [5.74, 6) is -0.0868. The topological polar surface area (TPSA) is 64.8 Å². The van der Waals surface area contributed by atoms with Crippen molar-refractivity contribution in [1.29, 1.82) is 0 Å². The first-order chi connectivity index (χ1) is 10.2. The predicted octanol–water partition coefficient (Wildman–Crippen LogP) is 1.17. The summed E-state index contributed by atoms with van der Waals surface area (Å²) in [6.45, 7) is 2.15. The summed E-state index contributed by atoms with van der Waals surface area (Å²) in [6, 6.07) is 9.31. The van der Waals surface area contributed by atoms with Crippen LogP contribution in [0.4, 0.5) is 0 Å². The Morgan fingerprint density at radius 3 is 2.86 bits per heavy atom. The number of ether oxygens (including phenoxy) is 2. The van der Waals surface area contributed by atoms with Crippen LogP contribution in [0.15, 0.2) is 30.3 Å². The van der Waals surface area contributed by atoms with Crippen molar-refractivity contribution in [1.82, 2.24) is 4.90 Å². The van der Waals surface area contributed by atoms with Gasteiger partial charge in [-0.25, -0.2) is 0 Å². The van der Waals surface area contributed by atoms with Gasteiger partial charge < -0.3 is 20.1 Å². The van der Waals surface area contributed by atoms with Gasteiger partial charge in [0.15, 0.2) is 0 Å². The Hall–Kier alpha value is -1.43. The average Bonchev–Trinajstić information content (AvgIpc) is 3.00. The van der Waals surface area contributed by atoms with Crippen molar-refractivity contribution in [2.75, 3.05) is 26.9 Å². The van der Waals surface area contributed by atoms with Crippen LogP contribution in [-0.2, 0) is 20.8 Å². The molecule has 1 aliphatic rings. The molecule has 1 aromatic rings. The van der Waals surface area contributed by atoms with Gasteiger partial charge in [-0.15, -0.1) is 0 Å². The monoisotopic (exact) mass is 292 g/mol. The zero-order chi connectivity index (χ0) is 15.1. The third kappa shape index (κ3) is 4.81. The first kappa shape index (κ1) is 15.9. The molecule has 2 atom stereocenters. The van der Waals surface area contributed by atoms with E-state index in [1.165, 1.54) is 0 Å². The second-order valence-corrected chi connectivity index (χ2v) is 5.40. The molecular formula is C16H24N2O3. The summed E-state index contributed by atoms with van der Waals surface area (Å²) in [6.07, 6.45) is 2.17. The minimum absolute atomic E-state index is 0.0868. The van der Waals surface area contributed by atoms with Crippen LogP contribution < -0.4 is 5.73 Å². The van der Waals surface area contributed by atoms with Crippen molar-refractivity contribution in [2.45, 2.75) is 31.5 Å². The van der Waals surface area contributed by atoms with Gasteiger partial charge >= 0.3 is 0 Å². The molecule has 0 spiro atoms. The molecule has 2 N–H and O–H groups in total. The normalized spacial score (nSPS) is 19.4. The molecule has 1 fully saturated rings. The predicted molar refractivity (Wildman–Crippen MR) is 80.7 cm³/mol. The van der Waals surface area contributed by atoms with E-state index in [0.717, 1.165) is 25.0 Å². The van der Waals surface area contributed by atoms with Crippen LogP contribution in [0.5, 0.6) is 0 Å². The van der Waals surface area contributed by atoms with E-state index in [4.69, 9.17) is 15.2 Å². The first-order valence-electron chi connectivity index (χ1n) is 7.39. The van der Waals surface area contributed by atoms with Gasteiger partial charge in [-0.3, -0.25) is 4.79 Å². The fraction of sp³-hybridized carbons (Fsp3) is 0.562. The number of carbonyl (C=O) groups is 1. The lowest BCUT2D eigenvalue weighted by molar-refractivity contribution is -0.136. The van der Waals surface area contributed by atoms with Crippen molar-refractivity contribution in [3.8, 4) is 0 Å². The number of benzene rings is 1. The molecule has 1 amide bonds. The summed E-state index contributed by atoms with van der Waals surface area (Å²) in [5, 5.41) is 0. The fourth-order valence-corrected chi connectivity index (χ4v) is 2.56. The molecule has 1 aromatic carbocycles. The molecule has 1 heterocycles. The van der Waals surface area contributed by atoms with Crippen LogP contribution in [0.3, 0.4) is 0 Å². The molecule has 1 saturated heterocycles. The second kappa shape index (κ2) is 8.12. The summed E-state index contributed by atoms with van der Waals surface area (Å²) in [5.41, 5.74) is 6.99. The molecule has 21 heavy (non-hydrogen) atoms. The van der Waals surface area contributed by atoms with Crippen LogP contribution in [0.25, 0.3) is 0 Å². The lowest BCUT2D eigenvalue weighted by atomic mass is 10.1. The van der Waals surface area contributed by atoms with E-state index in [9.17, 15) is 4.79 Å². The molecule has 0 radical (unpaired) electrons. The molecule has 116 valence electrons. The van der Waals surface area contributed by atoms with Gasteiger partial charge in [0.05, 0.1) is 12.7 Å². The quantitative estimate of drug-likeness (QED) is 0.819. The number of nitrogens with zero attached hydrogens (tertiary/aromatic N) is 1. The summed E-state index contributed by atoms with van der Waals surface area (Å²) in [4.78, 5) is 14.3. The van der Waals surface area contributed by atoms with Crippen molar-refractivity contribution >= 4 is 5.91 Å². The Balaban J connectivity index is 2.03. The largest absolute Gasteiger partial charge is 0.383 e. The van der Waals surface area contributed by atoms with Gasteiger partial charge in [-0.05, 0) is 18.4 Å². The van der Waals surface area contributed by atoms with Gasteiger partial charge in [0.25, 0.3) is 0 Å². The lowest BCUT2D eigenvalue weighted by Crippen LogP contribution is -2.48. The fourth-order valence-electron chi connectivity index (χ4n) is 2.56. The van der Waals surface area contributed by atoms with Crippen LogP contribution >= 0.6 is 0 Å². The lowest BCUT2D eigenvalue weighted by Gasteiger charge is -2.28. The van der Waals surface area contributed by atoms with Gasteiger partial charge in [-0.2, -0.15) is 0 Å². The molecule has 0 aromatic heterocycles. The van der Waals surface area contributed by atoms with E-state index in [0.29, 0.717) is 13.1 Å². The number of hydrogen-bond donors (Lipinski definition) is 1. The molecule has 0 bridgehead atoms. The highest BCUT2D eigenvalue weighted by Crippen LogP contribution is 2.15. The SMILES string of the molecule is COCC(N)C(=O)N(Cc1ccccc1)CC1CCCO1. The van der Waals surface area contributed by atoms with E-state index in [1.807, 2.05) is 30.3 Å². The van der Waals surface area contributed by atoms with Gasteiger partial charge in [0.2, 0.25) is 5.91 Å². The maximum Gasteiger partial charge on any atom is 0.242 e. The molecule has 0 aliphatic carbocycles. The van der Waals surface area contributed by atoms with Crippen molar-refractivity contribution in [3.63, 3.8) is 0 Å². The Bertz CT molecular complexity index is 432. The van der Waals surface area contributed by atoms with Crippen LogP contribution in [-0.4, -0.2) is 49.8 Å². The van der Waals surface area contributed by atoms with E-state index in [2.05, 4.69) is 0 Å². The maximum atomic E-state index is 12.5. The number of methoxy groups -OCH3 is 1. The third-order valence-corrected chi connectivity index (χ3v) is 3.64. The number of nitrogens with two attached hydrogens (primary N) is 1. The van der Waals surface area contributed by atoms with Gasteiger partial charge in [-0.1, -0.05) is 30.3 Å². The van der Waals surface area contributed by atoms with Crippen LogP contribution in [0.1, 0.15) is 18.4 Å². The smallest absolute Gasteiger partial charge is 0.242 e. The molecule has 0 saturated carbocycles. The maximum absolute atomic E-state index is 12.5. The van der Waals surface area contributed by atoms with Crippen molar-refractivity contribution < 1.29 is 14.3 Å². The Morgan fingerprint density at radius 1 is 1.48 bits per heavy atom. The zero-order valence-corrected chi connectivity index (χ0v) is 12.5. The second-order valence-electron chi connectivity index (χ2n) is 5.40. The number of rotatable bonds is 7. The highest BCUT2D eigenvalue weighted by Gasteiger charge is 2.26. The summed E-state index contributed by atoms with van der Waals surface area (Å²) in [7, 11) is 1.55. The molecular weight excluding hydrogens is 268 g/mol. The molecule has 1 aliphatic heterocycles. The highest BCUT2D eigenvalue weighted by atomic mass is 16.5. The minimum atomic E-state index is -0.625. The molecule has 5 nitrogen and oxygen atoms in total. The number of hydrogen-bond acceptors (Lipinski definition) is 4. The van der Waals surface area contributed by atoms with E-state index >= 15 is 0 Å². The highest BCUT2D eigenvalue weighted by molar-refractivity contribution is 5.81. The zero-order valence-electron chi connectivity index (χ0n) is 12.5. The first-order valence-corrected chi connectivity index (χ1v) is 7.39. The van der Waals surface area contributed by atoms with Crippen molar-refractivity contribution in [3.05, 3.63) is 35.9 Å². The summed E-state index contributed by atoms with van der Waals surface area (Å²) >= 11 is 0. The van der Waals surface area contributed by atoms with Gasteiger partial charge in [0, 0.05) is 26.8 Å². The van der Waals surface area contributed by atoms with E-state index in [-0.39, 0.29) is 18.6 Å². The summed E-state index contributed by atoms with van der Waals surface area (Å²) < 4.78 is 10.6. The molecule has 2 rings (SSSR count). The van der Waals surface area contributed by atoms with Crippen LogP contribution in [0.2, 0.25) is 0 Å².